The number of nitrogens with zero attached hydrogens (tertiary/aromatic N) is 2. The molecule has 2 aromatic rings. The largest absolute Gasteiger partial charge is 0.339 e. The van der Waals surface area contributed by atoms with E-state index in [9.17, 15) is 9.18 Å². The molecule has 0 aromatic heterocycles. The van der Waals surface area contributed by atoms with E-state index in [-0.39, 0.29) is 11.7 Å². The van der Waals surface area contributed by atoms with E-state index in [2.05, 4.69) is 27.2 Å². The van der Waals surface area contributed by atoms with Gasteiger partial charge in [0, 0.05) is 29.8 Å². The van der Waals surface area contributed by atoms with Crippen molar-refractivity contribution in [1.29, 1.82) is 0 Å². The Labute approximate surface area is 188 Å². The molecule has 2 aromatic carbocycles. The molecule has 0 radical (unpaired) electrons. The zero-order chi connectivity index (χ0) is 21.4. The Bertz CT molecular complexity index is 925. The van der Waals surface area contributed by atoms with Crippen LogP contribution in [0.2, 0.25) is 5.02 Å². The minimum absolute atomic E-state index is 0.106. The van der Waals surface area contributed by atoms with Crippen LogP contribution in [0.3, 0.4) is 0 Å². The minimum Gasteiger partial charge on any atom is -0.339 e. The smallest absolute Gasteiger partial charge is 0.247 e. The monoisotopic (exact) mass is 441 g/mol. The normalized spacial score (nSPS) is 26.3. The molecule has 31 heavy (non-hydrogen) atoms. The molecule has 1 spiro atoms. The zero-order valence-electron chi connectivity index (χ0n) is 17.7. The Balaban J connectivity index is 1.34. The summed E-state index contributed by atoms with van der Waals surface area (Å²) in [5, 5.41) is 3.82. The van der Waals surface area contributed by atoms with Gasteiger partial charge in [-0.2, -0.15) is 0 Å². The Hall–Kier alpha value is -2.11. The molecule has 3 aliphatic rings. The first-order chi connectivity index (χ1) is 15.1. The third-order valence-electron chi connectivity index (χ3n) is 7.60. The number of hydrogen-bond acceptors (Lipinski definition) is 3. The van der Waals surface area contributed by atoms with E-state index in [1.165, 1.54) is 43.4 Å². The summed E-state index contributed by atoms with van der Waals surface area (Å²) in [5.41, 5.74) is 1.75. The summed E-state index contributed by atoms with van der Waals surface area (Å²) in [4.78, 5) is 17.7. The lowest BCUT2D eigenvalue weighted by Crippen LogP contribution is -2.58. The summed E-state index contributed by atoms with van der Waals surface area (Å²) in [7, 11) is 0. The number of piperidine rings is 1. The molecular weight excluding hydrogens is 413 g/mol. The minimum atomic E-state index is -0.529. The van der Waals surface area contributed by atoms with E-state index >= 15 is 0 Å². The van der Waals surface area contributed by atoms with Gasteiger partial charge >= 0.3 is 0 Å². The zero-order valence-corrected chi connectivity index (χ0v) is 18.5. The number of carbonyl (C=O) groups excluding carboxylic acids is 1. The van der Waals surface area contributed by atoms with Crippen LogP contribution in [-0.4, -0.2) is 42.1 Å². The summed E-state index contributed by atoms with van der Waals surface area (Å²) in [6.45, 7) is 2.29. The number of carbonyl (C=O) groups is 1. The van der Waals surface area contributed by atoms with E-state index in [4.69, 9.17) is 11.6 Å². The molecule has 2 heterocycles. The van der Waals surface area contributed by atoms with Gasteiger partial charge in [0.25, 0.3) is 0 Å². The van der Waals surface area contributed by atoms with Crippen molar-refractivity contribution in [2.75, 3.05) is 24.7 Å². The number of rotatable bonds is 3. The molecule has 2 saturated heterocycles. The quantitative estimate of drug-likeness (QED) is 0.733. The Kier molecular flexibility index (Phi) is 5.65. The van der Waals surface area contributed by atoms with E-state index in [0.717, 1.165) is 36.6 Å². The highest BCUT2D eigenvalue weighted by Gasteiger charge is 2.51. The van der Waals surface area contributed by atoms with Gasteiger partial charge in [-0.25, -0.2) is 4.39 Å². The first-order valence-corrected chi connectivity index (χ1v) is 11.8. The number of halogens is 2. The Morgan fingerprint density at radius 1 is 0.968 bits per heavy atom. The van der Waals surface area contributed by atoms with Gasteiger partial charge in [0.1, 0.15) is 11.4 Å². The number of anilines is 1. The molecule has 2 aliphatic heterocycles. The Morgan fingerprint density at radius 2 is 1.65 bits per heavy atom. The molecule has 2 atom stereocenters. The van der Waals surface area contributed by atoms with E-state index in [1.54, 1.807) is 12.1 Å². The maximum Gasteiger partial charge on any atom is 0.247 e. The fourth-order valence-corrected chi connectivity index (χ4v) is 6.04. The molecule has 164 valence electrons. The van der Waals surface area contributed by atoms with Crippen molar-refractivity contribution in [2.45, 2.75) is 56.0 Å². The van der Waals surface area contributed by atoms with Crippen molar-refractivity contribution in [3.8, 4) is 0 Å². The molecule has 0 bridgehead atoms. The van der Waals surface area contributed by atoms with Crippen LogP contribution >= 0.6 is 11.6 Å². The average Bonchev–Trinajstić information content (AvgIpc) is 3.11. The molecule has 2 unspecified atom stereocenters. The van der Waals surface area contributed by atoms with E-state index in [0.29, 0.717) is 18.6 Å². The van der Waals surface area contributed by atoms with Gasteiger partial charge in [-0.15, -0.1) is 0 Å². The van der Waals surface area contributed by atoms with Crippen molar-refractivity contribution < 1.29 is 9.18 Å². The lowest BCUT2D eigenvalue weighted by atomic mass is 9.77. The van der Waals surface area contributed by atoms with Crippen LogP contribution in [0.4, 0.5) is 10.1 Å². The molecule has 3 fully saturated rings. The second kappa shape index (κ2) is 8.44. The standard InChI is InChI=1S/C25H29ClFN3O/c26-19-7-5-18(6-8-19)22-3-1-2-4-23(22)29-15-13-25(14-16-29)24(31)28-17-30(25)21-11-9-20(27)10-12-21/h5-12,22-23H,1-4,13-17H2,(H,28,31). The molecule has 4 nitrogen and oxygen atoms in total. The van der Waals surface area contributed by atoms with Crippen LogP contribution in [0.15, 0.2) is 48.5 Å². The summed E-state index contributed by atoms with van der Waals surface area (Å²) in [6, 6.07) is 15.4. The third kappa shape index (κ3) is 3.83. The molecule has 1 N–H and O–H groups in total. The van der Waals surface area contributed by atoms with E-state index in [1.807, 2.05) is 12.1 Å². The number of amides is 1. The fraction of sp³-hybridized carbons (Fsp3) is 0.480. The van der Waals surface area contributed by atoms with Crippen molar-refractivity contribution in [2.24, 2.45) is 0 Å². The highest BCUT2D eigenvalue weighted by Crippen LogP contribution is 2.41. The third-order valence-corrected chi connectivity index (χ3v) is 7.85. The van der Waals surface area contributed by atoms with Gasteiger partial charge in [-0.05, 0) is 73.6 Å². The Morgan fingerprint density at radius 3 is 2.35 bits per heavy atom. The lowest BCUT2D eigenvalue weighted by Gasteiger charge is -2.48. The predicted octanol–water partition coefficient (Wildman–Crippen LogP) is 4.93. The van der Waals surface area contributed by atoms with Crippen LogP contribution in [0.5, 0.6) is 0 Å². The summed E-state index contributed by atoms with van der Waals surface area (Å²) in [6.07, 6.45) is 6.52. The number of benzene rings is 2. The second-order valence-corrected chi connectivity index (χ2v) is 9.58. The van der Waals surface area contributed by atoms with Crippen LogP contribution in [0.25, 0.3) is 0 Å². The number of nitrogens with one attached hydrogen (secondary N) is 1. The van der Waals surface area contributed by atoms with Crippen LogP contribution < -0.4 is 10.2 Å². The van der Waals surface area contributed by atoms with Crippen LogP contribution in [0.1, 0.15) is 50.0 Å². The van der Waals surface area contributed by atoms with Gasteiger partial charge in [0.2, 0.25) is 5.91 Å². The maximum absolute atomic E-state index is 13.4. The molecule has 1 aliphatic carbocycles. The van der Waals surface area contributed by atoms with E-state index < -0.39 is 5.54 Å². The van der Waals surface area contributed by atoms with Gasteiger partial charge in [-0.3, -0.25) is 9.69 Å². The first kappa shape index (κ1) is 20.8. The summed E-state index contributed by atoms with van der Waals surface area (Å²) in [5.74, 6) is 0.372. The van der Waals surface area contributed by atoms with Gasteiger partial charge in [0.15, 0.2) is 0 Å². The highest BCUT2D eigenvalue weighted by atomic mass is 35.5. The molecular formula is C25H29ClFN3O. The number of hydrogen-bond donors (Lipinski definition) is 1. The summed E-state index contributed by atoms with van der Waals surface area (Å²) >= 11 is 6.12. The van der Waals surface area contributed by atoms with Crippen LogP contribution in [-0.2, 0) is 4.79 Å². The SMILES string of the molecule is O=C1NCN(c2ccc(F)cc2)C12CCN(C1CCCCC1c1ccc(Cl)cc1)CC2. The first-order valence-electron chi connectivity index (χ1n) is 11.4. The average molecular weight is 442 g/mol. The van der Waals surface area contributed by atoms with Gasteiger partial charge in [0.05, 0.1) is 6.67 Å². The second-order valence-electron chi connectivity index (χ2n) is 9.15. The molecule has 6 heteroatoms. The molecule has 5 rings (SSSR count). The molecule has 1 saturated carbocycles. The van der Waals surface area contributed by atoms with Crippen molar-refractivity contribution in [3.63, 3.8) is 0 Å². The van der Waals surface area contributed by atoms with Gasteiger partial charge < -0.3 is 10.2 Å². The topological polar surface area (TPSA) is 35.6 Å². The van der Waals surface area contributed by atoms with Crippen molar-refractivity contribution >= 4 is 23.2 Å². The lowest BCUT2D eigenvalue weighted by molar-refractivity contribution is -0.125. The number of likely N-dealkylation sites (tertiary alicyclic amines) is 1. The summed E-state index contributed by atoms with van der Waals surface area (Å²) < 4.78 is 13.4. The maximum atomic E-state index is 13.4. The van der Waals surface area contributed by atoms with Crippen molar-refractivity contribution in [1.82, 2.24) is 10.2 Å². The van der Waals surface area contributed by atoms with Gasteiger partial charge in [-0.1, -0.05) is 36.6 Å². The van der Waals surface area contributed by atoms with Crippen molar-refractivity contribution in [3.05, 3.63) is 64.9 Å². The predicted molar refractivity (Wildman–Crippen MR) is 122 cm³/mol. The highest BCUT2D eigenvalue weighted by molar-refractivity contribution is 6.30. The van der Waals surface area contributed by atoms with Crippen LogP contribution in [0, 0.1) is 5.82 Å². The molecule has 1 amide bonds. The fourth-order valence-electron chi connectivity index (χ4n) is 5.92.